The summed E-state index contributed by atoms with van der Waals surface area (Å²) in [5.74, 6) is -0.233. The number of amides is 2. The quantitative estimate of drug-likeness (QED) is 0.637. The maximum atomic E-state index is 12.5. The maximum Gasteiger partial charge on any atom is 0.238 e. The number of hydrogen-bond donors (Lipinski definition) is 2. The number of nitrogens with zero attached hydrogens (tertiary/aromatic N) is 2. The highest BCUT2D eigenvalue weighted by Crippen LogP contribution is 2.33. The molecule has 0 aliphatic carbocycles. The zero-order valence-corrected chi connectivity index (χ0v) is 19.7. The number of piperazine rings is 1. The Morgan fingerprint density at radius 2 is 1.23 bits per heavy atom. The minimum Gasteiger partial charge on any atom is -0.324 e. The van der Waals surface area contributed by atoms with Gasteiger partial charge in [-0.2, -0.15) is 0 Å². The van der Waals surface area contributed by atoms with Gasteiger partial charge < -0.3 is 10.6 Å². The van der Waals surface area contributed by atoms with E-state index < -0.39 is 0 Å². The van der Waals surface area contributed by atoms with Crippen LogP contribution in [-0.2, 0) is 9.59 Å². The maximum absolute atomic E-state index is 12.5. The van der Waals surface area contributed by atoms with Crippen molar-refractivity contribution in [2.24, 2.45) is 0 Å². The molecule has 0 bridgehead atoms. The fourth-order valence-electron chi connectivity index (χ4n) is 3.54. The number of anilines is 2. The fraction of sp³-hybridized carbons (Fsp3) is 0.364. The molecule has 166 valence electrons. The first kappa shape index (κ1) is 23.8. The molecule has 1 fully saturated rings. The molecule has 0 spiro atoms. The van der Waals surface area contributed by atoms with Crippen LogP contribution in [0.4, 0.5) is 11.4 Å². The van der Waals surface area contributed by atoms with Gasteiger partial charge in [0.25, 0.3) is 0 Å². The summed E-state index contributed by atoms with van der Waals surface area (Å²) in [6.45, 7) is 7.29. The summed E-state index contributed by atoms with van der Waals surface area (Å²) in [6.07, 6.45) is 0. The number of carbonyl (C=O) groups is 2. The molecule has 6 nitrogen and oxygen atoms in total. The number of aryl methyl sites for hydroxylation is 2. The van der Waals surface area contributed by atoms with Crippen LogP contribution in [0, 0.1) is 13.8 Å². The molecule has 0 unspecified atom stereocenters. The van der Waals surface area contributed by atoms with E-state index in [9.17, 15) is 9.59 Å². The van der Waals surface area contributed by atoms with Crippen LogP contribution in [0.5, 0.6) is 0 Å². The van der Waals surface area contributed by atoms with E-state index in [-0.39, 0.29) is 18.4 Å². The van der Waals surface area contributed by atoms with Gasteiger partial charge in [-0.15, -0.1) is 0 Å². The van der Waals surface area contributed by atoms with E-state index in [1.165, 1.54) is 12.1 Å². The Balaban J connectivity index is 1.45. The van der Waals surface area contributed by atoms with Crippen molar-refractivity contribution in [3.8, 4) is 0 Å². The Bertz CT molecular complexity index is 932. The minimum atomic E-state index is -0.202. The Morgan fingerprint density at radius 3 is 1.68 bits per heavy atom. The summed E-state index contributed by atoms with van der Waals surface area (Å²) in [5.41, 5.74) is 3.33. The van der Waals surface area contributed by atoms with Crippen molar-refractivity contribution in [2.45, 2.75) is 13.8 Å². The van der Waals surface area contributed by atoms with Crippen molar-refractivity contribution in [3.05, 3.63) is 56.5 Å². The summed E-state index contributed by atoms with van der Waals surface area (Å²) in [6, 6.07) is 9.01. The Labute approximate surface area is 197 Å². The summed E-state index contributed by atoms with van der Waals surface area (Å²) in [4.78, 5) is 29.0. The van der Waals surface area contributed by atoms with Gasteiger partial charge in [-0.1, -0.05) is 53.0 Å². The van der Waals surface area contributed by atoms with Crippen LogP contribution < -0.4 is 10.6 Å². The van der Waals surface area contributed by atoms with Gasteiger partial charge in [0.05, 0.1) is 28.8 Å². The number of halogens is 3. The molecule has 0 aromatic heterocycles. The lowest BCUT2D eigenvalue weighted by Crippen LogP contribution is -2.50. The van der Waals surface area contributed by atoms with Crippen molar-refractivity contribution in [2.75, 3.05) is 49.9 Å². The van der Waals surface area contributed by atoms with Crippen LogP contribution in [-0.4, -0.2) is 60.9 Å². The summed E-state index contributed by atoms with van der Waals surface area (Å²) in [5, 5.41) is 6.77. The van der Waals surface area contributed by atoms with E-state index in [0.717, 1.165) is 16.8 Å². The molecule has 1 aliphatic heterocycles. The third-order valence-electron chi connectivity index (χ3n) is 5.22. The van der Waals surface area contributed by atoms with Gasteiger partial charge in [0.2, 0.25) is 11.8 Å². The molecule has 9 heteroatoms. The largest absolute Gasteiger partial charge is 0.324 e. The van der Waals surface area contributed by atoms with E-state index in [4.69, 9.17) is 34.8 Å². The number of carbonyl (C=O) groups excluding carboxylic acids is 2. The van der Waals surface area contributed by atoms with Crippen molar-refractivity contribution >= 4 is 58.0 Å². The van der Waals surface area contributed by atoms with Crippen LogP contribution in [0.25, 0.3) is 0 Å². The molecular formula is C22H25Cl3N4O2. The first-order valence-electron chi connectivity index (χ1n) is 9.98. The van der Waals surface area contributed by atoms with Gasteiger partial charge in [0.1, 0.15) is 0 Å². The van der Waals surface area contributed by atoms with Crippen LogP contribution in [0.1, 0.15) is 11.1 Å². The van der Waals surface area contributed by atoms with Crippen LogP contribution >= 0.6 is 34.8 Å². The molecule has 2 amide bonds. The summed E-state index contributed by atoms with van der Waals surface area (Å²) >= 11 is 18.2. The minimum absolute atomic E-state index is 0.0318. The number of nitrogens with one attached hydrogen (secondary N) is 2. The molecule has 2 N–H and O–H groups in total. The lowest BCUT2D eigenvalue weighted by molar-refractivity contribution is -0.120. The normalized spacial score (nSPS) is 15.0. The van der Waals surface area contributed by atoms with E-state index in [0.29, 0.717) is 53.5 Å². The molecule has 0 radical (unpaired) electrons. The molecule has 2 aromatic carbocycles. The molecular weight excluding hydrogens is 459 g/mol. The van der Waals surface area contributed by atoms with E-state index >= 15 is 0 Å². The molecule has 2 aromatic rings. The third kappa shape index (κ3) is 6.57. The molecule has 0 atom stereocenters. The molecule has 1 heterocycles. The van der Waals surface area contributed by atoms with Crippen LogP contribution in [0.15, 0.2) is 30.3 Å². The molecule has 3 rings (SSSR count). The zero-order valence-electron chi connectivity index (χ0n) is 17.5. The summed E-state index contributed by atoms with van der Waals surface area (Å²) in [7, 11) is 0. The van der Waals surface area contributed by atoms with Gasteiger partial charge in [0.15, 0.2) is 0 Å². The van der Waals surface area contributed by atoms with Gasteiger partial charge in [-0.05, 0) is 37.1 Å². The number of hydrogen-bond acceptors (Lipinski definition) is 4. The molecule has 1 saturated heterocycles. The highest BCUT2D eigenvalue weighted by Gasteiger charge is 2.22. The van der Waals surface area contributed by atoms with Crippen molar-refractivity contribution in [1.29, 1.82) is 0 Å². The monoisotopic (exact) mass is 482 g/mol. The van der Waals surface area contributed by atoms with Crippen molar-refractivity contribution < 1.29 is 9.59 Å². The highest BCUT2D eigenvalue weighted by molar-refractivity contribution is 6.42. The Hall–Kier alpha value is -1.83. The Morgan fingerprint density at radius 1 is 0.806 bits per heavy atom. The highest BCUT2D eigenvalue weighted by atomic mass is 35.5. The smallest absolute Gasteiger partial charge is 0.238 e. The number of rotatable bonds is 6. The first-order valence-corrected chi connectivity index (χ1v) is 11.1. The topological polar surface area (TPSA) is 64.7 Å². The fourth-order valence-corrected chi connectivity index (χ4v) is 4.45. The van der Waals surface area contributed by atoms with Gasteiger partial charge >= 0.3 is 0 Å². The van der Waals surface area contributed by atoms with E-state index in [2.05, 4.69) is 15.5 Å². The second-order valence-corrected chi connectivity index (χ2v) is 8.91. The van der Waals surface area contributed by atoms with Gasteiger partial charge in [-0.25, -0.2) is 0 Å². The Kier molecular flexibility index (Phi) is 8.19. The SMILES string of the molecule is Cc1cccc(C)c1NC(=O)CN1CCN(CC(=O)Nc2c(Cl)cc(Cl)cc2Cl)CC1. The van der Waals surface area contributed by atoms with Crippen LogP contribution in [0.2, 0.25) is 15.1 Å². The van der Waals surface area contributed by atoms with Crippen molar-refractivity contribution in [3.63, 3.8) is 0 Å². The molecule has 1 aliphatic rings. The second kappa shape index (κ2) is 10.7. The van der Waals surface area contributed by atoms with Gasteiger partial charge in [-0.3, -0.25) is 19.4 Å². The van der Waals surface area contributed by atoms with Gasteiger partial charge in [0, 0.05) is 36.9 Å². The zero-order chi connectivity index (χ0) is 22.5. The van der Waals surface area contributed by atoms with Crippen LogP contribution in [0.3, 0.4) is 0 Å². The molecule has 0 saturated carbocycles. The number of para-hydroxylation sites is 1. The average Bonchev–Trinajstić information content (AvgIpc) is 2.69. The van der Waals surface area contributed by atoms with Crippen molar-refractivity contribution in [1.82, 2.24) is 9.80 Å². The average molecular weight is 484 g/mol. The predicted octanol–water partition coefficient (Wildman–Crippen LogP) is 4.46. The standard InChI is InChI=1S/C22H25Cl3N4O2/c1-14-4-3-5-15(2)21(14)26-19(30)12-28-6-8-29(9-7-28)13-20(31)27-22-17(24)10-16(23)11-18(22)25/h3-5,10-11H,6-9,12-13H2,1-2H3,(H,26,30)(H,27,31). The predicted molar refractivity (Wildman–Crippen MR) is 128 cm³/mol. The van der Waals surface area contributed by atoms with E-state index in [1.54, 1.807) is 0 Å². The summed E-state index contributed by atoms with van der Waals surface area (Å²) < 4.78 is 0. The lowest BCUT2D eigenvalue weighted by atomic mass is 10.1. The number of benzene rings is 2. The lowest BCUT2D eigenvalue weighted by Gasteiger charge is -2.33. The molecule has 31 heavy (non-hydrogen) atoms. The third-order valence-corrected chi connectivity index (χ3v) is 6.03. The first-order chi connectivity index (χ1) is 14.7. The van der Waals surface area contributed by atoms with E-state index in [1.807, 2.05) is 36.9 Å². The second-order valence-electron chi connectivity index (χ2n) is 7.66.